The number of nitrogens with one attached hydrogen (secondary N) is 4. The van der Waals surface area contributed by atoms with Gasteiger partial charge in [0.15, 0.2) is 0 Å². The summed E-state index contributed by atoms with van der Waals surface area (Å²) in [5, 5.41) is 6.15. The maximum absolute atomic E-state index is 13.4. The largest absolute Gasteiger partial charge is 0.370 e. The summed E-state index contributed by atoms with van der Waals surface area (Å²) in [6.45, 7) is 0.706. The van der Waals surface area contributed by atoms with Gasteiger partial charge in [-0.25, -0.2) is 35.7 Å². The van der Waals surface area contributed by atoms with E-state index < -0.39 is 25.9 Å². The highest BCUT2D eigenvalue weighted by Crippen LogP contribution is 2.21. The molecule has 0 unspecified atom stereocenters. The second-order valence-electron chi connectivity index (χ2n) is 7.50. The Morgan fingerprint density at radius 3 is 2.74 bits per heavy atom. The summed E-state index contributed by atoms with van der Waals surface area (Å²) >= 11 is 0. The Kier molecular flexibility index (Phi) is 7.07. The van der Waals surface area contributed by atoms with E-state index in [9.17, 15) is 21.2 Å². The van der Waals surface area contributed by atoms with Gasteiger partial charge in [0.25, 0.3) is 0 Å². The molecule has 0 aliphatic carbocycles. The summed E-state index contributed by atoms with van der Waals surface area (Å²) in [6.07, 6.45) is 2.35. The molecule has 4 bridgehead atoms. The molecular weight excluding hydrogens is 483 g/mol. The fourth-order valence-electron chi connectivity index (χ4n) is 3.30. The highest BCUT2D eigenvalue weighted by atomic mass is 32.2. The molecule has 2 aromatic carbocycles. The van der Waals surface area contributed by atoms with Crippen LogP contribution in [0.1, 0.15) is 12.0 Å². The molecule has 0 atom stereocenters. The molecule has 180 valence electrons. The van der Waals surface area contributed by atoms with Crippen molar-refractivity contribution in [3.63, 3.8) is 0 Å². The minimum absolute atomic E-state index is 0.0471. The molecule has 3 aromatic rings. The van der Waals surface area contributed by atoms with Crippen LogP contribution >= 0.6 is 0 Å². The number of nitrogens with zero attached hydrogens (tertiary/aromatic N) is 2. The zero-order valence-corrected chi connectivity index (χ0v) is 19.6. The van der Waals surface area contributed by atoms with Crippen LogP contribution in [0, 0.1) is 5.82 Å². The quantitative estimate of drug-likeness (QED) is 0.412. The number of rotatable bonds is 5. The Hall–Kier alpha value is -3.13. The summed E-state index contributed by atoms with van der Waals surface area (Å²) in [4.78, 5) is 8.74. The van der Waals surface area contributed by atoms with Crippen molar-refractivity contribution in [2.45, 2.75) is 22.6 Å². The van der Waals surface area contributed by atoms with Gasteiger partial charge in [-0.3, -0.25) is 0 Å². The van der Waals surface area contributed by atoms with E-state index in [0.29, 0.717) is 30.0 Å². The van der Waals surface area contributed by atoms with E-state index in [1.807, 2.05) is 0 Å². The Morgan fingerprint density at radius 2 is 1.91 bits per heavy atom. The molecule has 0 saturated carbocycles. The molecular formula is C21H23FN6O4S2. The zero-order valence-electron chi connectivity index (χ0n) is 18.0. The first-order valence-corrected chi connectivity index (χ1v) is 13.4. The van der Waals surface area contributed by atoms with Crippen LogP contribution in [0.15, 0.2) is 64.5 Å². The van der Waals surface area contributed by atoms with Gasteiger partial charge in [0.05, 0.1) is 9.79 Å². The molecule has 1 aromatic heterocycles. The normalized spacial score (nSPS) is 15.7. The molecule has 1 aliphatic rings. The number of benzene rings is 2. The van der Waals surface area contributed by atoms with E-state index in [1.165, 1.54) is 30.3 Å². The second-order valence-corrected chi connectivity index (χ2v) is 11.0. The third-order valence-electron chi connectivity index (χ3n) is 5.00. The van der Waals surface area contributed by atoms with Crippen molar-refractivity contribution in [3.8, 4) is 0 Å². The first-order chi connectivity index (χ1) is 16.2. The van der Waals surface area contributed by atoms with Crippen LogP contribution in [0.5, 0.6) is 0 Å². The maximum Gasteiger partial charge on any atom is 0.240 e. The summed E-state index contributed by atoms with van der Waals surface area (Å²) < 4.78 is 68.2. The topological polar surface area (TPSA) is 142 Å². The van der Waals surface area contributed by atoms with Crippen molar-refractivity contribution in [3.05, 3.63) is 66.1 Å². The maximum atomic E-state index is 13.4. The lowest BCUT2D eigenvalue weighted by molar-refractivity contribution is 0.576. The van der Waals surface area contributed by atoms with Crippen molar-refractivity contribution in [2.75, 3.05) is 30.3 Å². The molecule has 2 heterocycles. The molecule has 0 spiro atoms. The Morgan fingerprint density at radius 1 is 1.09 bits per heavy atom. The molecule has 4 N–H and O–H groups in total. The van der Waals surface area contributed by atoms with E-state index in [2.05, 4.69) is 30.0 Å². The fourth-order valence-corrected chi connectivity index (χ4v) is 5.48. The number of hydrogen-bond donors (Lipinski definition) is 4. The van der Waals surface area contributed by atoms with E-state index in [-0.39, 0.29) is 35.2 Å². The first-order valence-electron chi connectivity index (χ1n) is 10.4. The molecule has 10 nitrogen and oxygen atoms in total. The van der Waals surface area contributed by atoms with Gasteiger partial charge in [-0.1, -0.05) is 12.1 Å². The molecule has 4 rings (SSSR count). The molecule has 0 amide bonds. The zero-order chi connectivity index (χ0) is 24.2. The highest BCUT2D eigenvalue weighted by Gasteiger charge is 2.17. The third kappa shape index (κ3) is 5.86. The summed E-state index contributed by atoms with van der Waals surface area (Å²) in [5.74, 6) is 0.122. The predicted molar refractivity (Wildman–Crippen MR) is 125 cm³/mol. The van der Waals surface area contributed by atoms with Crippen LogP contribution < -0.4 is 20.1 Å². The molecule has 0 saturated heterocycles. The summed E-state index contributed by atoms with van der Waals surface area (Å²) in [7, 11) is -7.52. The minimum atomic E-state index is -3.87. The van der Waals surface area contributed by atoms with Crippen LogP contribution in [0.3, 0.4) is 0 Å². The van der Waals surface area contributed by atoms with Gasteiger partial charge in [0.1, 0.15) is 11.6 Å². The number of fused-ring (bicyclic) bond motifs is 4. The smallest absolute Gasteiger partial charge is 0.240 e. The molecule has 0 fully saturated rings. The van der Waals surface area contributed by atoms with Gasteiger partial charge in [-0.05, 0) is 49.2 Å². The highest BCUT2D eigenvalue weighted by molar-refractivity contribution is 7.89. The van der Waals surface area contributed by atoms with E-state index in [4.69, 9.17) is 0 Å². The Bertz CT molecular complexity index is 1400. The van der Waals surface area contributed by atoms with Gasteiger partial charge in [-0.2, -0.15) is 4.98 Å². The van der Waals surface area contributed by atoms with Crippen LogP contribution in [0.2, 0.25) is 0 Å². The van der Waals surface area contributed by atoms with E-state index in [1.54, 1.807) is 18.3 Å². The Labute approximate surface area is 197 Å². The number of anilines is 3. The van der Waals surface area contributed by atoms with Crippen molar-refractivity contribution in [1.29, 1.82) is 0 Å². The number of halogens is 1. The Balaban J connectivity index is 1.52. The SMILES string of the molecule is O=S1(=O)NCCCNc2nc(ncc2CCNS(=O)(=O)c2cccc(F)c2)Nc2cccc1c2. The third-order valence-corrected chi connectivity index (χ3v) is 7.91. The molecule has 1 aliphatic heterocycles. The lowest BCUT2D eigenvalue weighted by atomic mass is 10.2. The fraction of sp³-hybridized carbons (Fsp3) is 0.238. The van der Waals surface area contributed by atoms with Crippen molar-refractivity contribution in [1.82, 2.24) is 19.4 Å². The van der Waals surface area contributed by atoms with Crippen LogP contribution in [-0.2, 0) is 26.5 Å². The minimum Gasteiger partial charge on any atom is -0.370 e. The summed E-state index contributed by atoms with van der Waals surface area (Å²) in [5.41, 5.74) is 1.17. The average molecular weight is 507 g/mol. The van der Waals surface area contributed by atoms with Crippen LogP contribution in [0.4, 0.5) is 21.8 Å². The first kappa shape index (κ1) is 24.0. The lowest BCUT2D eigenvalue weighted by Gasteiger charge is -2.13. The standard InChI is InChI=1S/C21H23FN6O4S2/c22-16-4-1-6-18(12-16)33(29,30)26-11-8-15-14-24-21-27-17-5-2-7-19(13-17)34(31,32)25-10-3-9-23-20(15)28-21/h1-2,4-7,12-14,25-26H,3,8-11H2,(H2,23,24,27,28). The summed E-state index contributed by atoms with van der Waals surface area (Å²) in [6, 6.07) is 11.1. The van der Waals surface area contributed by atoms with Crippen molar-refractivity contribution in [2.24, 2.45) is 0 Å². The van der Waals surface area contributed by atoms with Crippen LogP contribution in [-0.4, -0.2) is 46.4 Å². The van der Waals surface area contributed by atoms with Gasteiger partial charge in [0, 0.05) is 37.1 Å². The second kappa shape index (κ2) is 10.0. The lowest BCUT2D eigenvalue weighted by Crippen LogP contribution is -2.27. The number of sulfonamides is 2. The molecule has 13 heteroatoms. The number of hydrogen-bond acceptors (Lipinski definition) is 8. The van der Waals surface area contributed by atoms with Crippen molar-refractivity contribution >= 4 is 37.5 Å². The number of aromatic nitrogens is 2. The van der Waals surface area contributed by atoms with Crippen molar-refractivity contribution < 1.29 is 21.2 Å². The average Bonchev–Trinajstić information content (AvgIpc) is 2.80. The van der Waals surface area contributed by atoms with Crippen LogP contribution in [0.25, 0.3) is 0 Å². The molecule has 0 radical (unpaired) electrons. The van der Waals surface area contributed by atoms with E-state index in [0.717, 1.165) is 6.07 Å². The van der Waals surface area contributed by atoms with Gasteiger partial charge < -0.3 is 10.6 Å². The predicted octanol–water partition coefficient (Wildman–Crippen LogP) is 1.97. The van der Waals surface area contributed by atoms with Gasteiger partial charge >= 0.3 is 0 Å². The monoisotopic (exact) mass is 506 g/mol. The van der Waals surface area contributed by atoms with Gasteiger partial charge in [-0.15, -0.1) is 0 Å². The van der Waals surface area contributed by atoms with E-state index >= 15 is 0 Å². The van der Waals surface area contributed by atoms with Gasteiger partial charge in [0.2, 0.25) is 26.0 Å². The molecule has 34 heavy (non-hydrogen) atoms.